The first-order valence-corrected chi connectivity index (χ1v) is 8.62. The minimum absolute atomic E-state index is 0.0757. The number of methoxy groups -OCH3 is 1. The zero-order valence-corrected chi connectivity index (χ0v) is 15.2. The molecule has 1 fully saturated rings. The fraction of sp³-hybridized carbons (Fsp3) is 0.312. The SMILES string of the molecule is COC(=O)c1ccc(N2CCN(C(=O)c3ccco3)CC2I)nc1. The average molecular weight is 441 g/mol. The summed E-state index contributed by atoms with van der Waals surface area (Å²) in [7, 11) is 1.34. The van der Waals surface area contributed by atoms with Gasteiger partial charge < -0.3 is 19.0 Å². The molecule has 0 saturated carbocycles. The Labute approximate surface area is 152 Å². The van der Waals surface area contributed by atoms with Crippen LogP contribution in [0.5, 0.6) is 0 Å². The number of piperazine rings is 1. The van der Waals surface area contributed by atoms with E-state index in [9.17, 15) is 9.59 Å². The molecule has 1 atom stereocenters. The number of hydrogen-bond acceptors (Lipinski definition) is 6. The lowest BCUT2D eigenvalue weighted by Crippen LogP contribution is -2.52. The fourth-order valence-electron chi connectivity index (χ4n) is 2.53. The first-order valence-electron chi connectivity index (χ1n) is 7.38. The van der Waals surface area contributed by atoms with Crippen LogP contribution in [0.1, 0.15) is 20.9 Å². The van der Waals surface area contributed by atoms with Gasteiger partial charge in [-0.05, 0) is 24.3 Å². The average Bonchev–Trinajstić information content (AvgIpc) is 3.15. The number of furan rings is 1. The third-order valence-electron chi connectivity index (χ3n) is 3.80. The number of ether oxygens (including phenoxy) is 1. The number of aromatic nitrogens is 1. The molecule has 1 amide bonds. The highest BCUT2D eigenvalue weighted by atomic mass is 127. The molecule has 0 bridgehead atoms. The molecule has 1 unspecified atom stereocenters. The Bertz CT molecular complexity index is 717. The lowest BCUT2D eigenvalue weighted by Gasteiger charge is -2.39. The number of alkyl halides is 1. The summed E-state index contributed by atoms with van der Waals surface area (Å²) in [4.78, 5) is 32.0. The van der Waals surface area contributed by atoms with Crippen LogP contribution in [0, 0.1) is 0 Å². The van der Waals surface area contributed by atoms with Crippen LogP contribution >= 0.6 is 22.6 Å². The number of anilines is 1. The minimum atomic E-state index is -0.408. The van der Waals surface area contributed by atoms with Gasteiger partial charge in [-0.1, -0.05) is 22.6 Å². The van der Waals surface area contributed by atoms with Crippen molar-refractivity contribution < 1.29 is 18.7 Å². The number of rotatable bonds is 3. The van der Waals surface area contributed by atoms with Crippen LogP contribution < -0.4 is 4.90 Å². The molecule has 2 aromatic rings. The van der Waals surface area contributed by atoms with Crippen molar-refractivity contribution >= 4 is 40.3 Å². The normalized spacial score (nSPS) is 17.7. The molecule has 0 aliphatic carbocycles. The number of amides is 1. The van der Waals surface area contributed by atoms with Crippen LogP contribution in [0.25, 0.3) is 0 Å². The van der Waals surface area contributed by atoms with Crippen LogP contribution in [0.3, 0.4) is 0 Å². The lowest BCUT2D eigenvalue weighted by atomic mass is 10.2. The van der Waals surface area contributed by atoms with Gasteiger partial charge in [0.15, 0.2) is 5.76 Å². The number of pyridine rings is 1. The number of hydrogen-bond donors (Lipinski definition) is 0. The van der Waals surface area contributed by atoms with Gasteiger partial charge in [-0.15, -0.1) is 0 Å². The van der Waals surface area contributed by atoms with Gasteiger partial charge in [0.25, 0.3) is 5.91 Å². The molecule has 7 nitrogen and oxygen atoms in total. The van der Waals surface area contributed by atoms with Gasteiger partial charge in [-0.25, -0.2) is 9.78 Å². The van der Waals surface area contributed by atoms with E-state index < -0.39 is 5.97 Å². The summed E-state index contributed by atoms with van der Waals surface area (Å²) in [5.74, 6) is 0.615. The third-order valence-corrected chi connectivity index (χ3v) is 4.87. The van der Waals surface area contributed by atoms with Crippen LogP contribution in [-0.2, 0) is 4.74 Å². The molecule has 1 saturated heterocycles. The molecule has 126 valence electrons. The summed E-state index contributed by atoms with van der Waals surface area (Å²) in [6.45, 7) is 1.81. The number of carbonyl (C=O) groups is 2. The van der Waals surface area contributed by atoms with Gasteiger partial charge in [-0.2, -0.15) is 0 Å². The van der Waals surface area contributed by atoms with Crippen LogP contribution in [-0.4, -0.2) is 52.6 Å². The van der Waals surface area contributed by atoms with E-state index >= 15 is 0 Å². The van der Waals surface area contributed by atoms with E-state index in [1.54, 1.807) is 29.2 Å². The highest BCUT2D eigenvalue weighted by Gasteiger charge is 2.30. The first-order chi connectivity index (χ1) is 11.6. The number of nitrogens with zero attached hydrogens (tertiary/aromatic N) is 3. The van der Waals surface area contributed by atoms with Crippen molar-refractivity contribution in [3.63, 3.8) is 0 Å². The number of esters is 1. The second-order valence-corrected chi connectivity index (χ2v) is 6.69. The molecule has 3 heterocycles. The minimum Gasteiger partial charge on any atom is -0.465 e. The summed E-state index contributed by atoms with van der Waals surface area (Å²) >= 11 is 2.29. The fourth-order valence-corrected chi connectivity index (χ4v) is 3.57. The third kappa shape index (κ3) is 3.37. The zero-order chi connectivity index (χ0) is 17.1. The van der Waals surface area contributed by atoms with E-state index in [-0.39, 0.29) is 9.96 Å². The van der Waals surface area contributed by atoms with Crippen molar-refractivity contribution in [1.82, 2.24) is 9.88 Å². The summed E-state index contributed by atoms with van der Waals surface area (Å²) in [6.07, 6.45) is 3.00. The van der Waals surface area contributed by atoms with Crippen LogP contribution in [0.15, 0.2) is 41.1 Å². The lowest BCUT2D eigenvalue weighted by molar-refractivity contribution is 0.0599. The Balaban J connectivity index is 1.67. The van der Waals surface area contributed by atoms with E-state index in [0.717, 1.165) is 5.82 Å². The molecule has 24 heavy (non-hydrogen) atoms. The van der Waals surface area contributed by atoms with E-state index in [1.165, 1.54) is 19.6 Å². The molecule has 3 rings (SSSR count). The topological polar surface area (TPSA) is 75.9 Å². The van der Waals surface area contributed by atoms with Gasteiger partial charge in [0.05, 0.1) is 29.5 Å². The predicted molar refractivity (Wildman–Crippen MR) is 95.3 cm³/mol. The summed E-state index contributed by atoms with van der Waals surface area (Å²) in [5.41, 5.74) is 0.415. The van der Waals surface area contributed by atoms with E-state index in [2.05, 4.69) is 37.2 Å². The monoisotopic (exact) mass is 441 g/mol. The maximum Gasteiger partial charge on any atom is 0.339 e. The van der Waals surface area contributed by atoms with Crippen molar-refractivity contribution in [3.8, 4) is 0 Å². The maximum absolute atomic E-state index is 12.3. The van der Waals surface area contributed by atoms with Gasteiger partial charge >= 0.3 is 5.97 Å². The maximum atomic E-state index is 12.3. The van der Waals surface area contributed by atoms with Crippen molar-refractivity contribution in [2.75, 3.05) is 31.6 Å². The van der Waals surface area contributed by atoms with E-state index in [1.807, 2.05) is 0 Å². The quantitative estimate of drug-likeness (QED) is 0.315. The van der Waals surface area contributed by atoms with Gasteiger partial charge in [0.2, 0.25) is 0 Å². The number of carbonyl (C=O) groups excluding carboxylic acids is 2. The highest BCUT2D eigenvalue weighted by Crippen LogP contribution is 2.23. The van der Waals surface area contributed by atoms with Crippen LogP contribution in [0.4, 0.5) is 5.82 Å². The van der Waals surface area contributed by atoms with Crippen molar-refractivity contribution in [1.29, 1.82) is 0 Å². The second-order valence-electron chi connectivity index (χ2n) is 5.25. The molecular weight excluding hydrogens is 425 g/mol. The Morgan fingerprint density at radius 2 is 2.17 bits per heavy atom. The van der Waals surface area contributed by atoms with E-state index in [0.29, 0.717) is 31.0 Å². The van der Waals surface area contributed by atoms with Crippen molar-refractivity contribution in [3.05, 3.63) is 48.0 Å². The highest BCUT2D eigenvalue weighted by molar-refractivity contribution is 14.1. The Hall–Kier alpha value is -2.10. The molecule has 0 N–H and O–H groups in total. The molecule has 1 aliphatic rings. The summed E-state index contributed by atoms with van der Waals surface area (Å²) < 4.78 is 9.93. The Morgan fingerprint density at radius 1 is 1.33 bits per heavy atom. The smallest absolute Gasteiger partial charge is 0.339 e. The molecule has 2 aromatic heterocycles. The Kier molecular flexibility index (Phi) is 5.03. The zero-order valence-electron chi connectivity index (χ0n) is 13.0. The van der Waals surface area contributed by atoms with Gasteiger partial charge in [0.1, 0.15) is 5.82 Å². The van der Waals surface area contributed by atoms with Crippen LogP contribution in [0.2, 0.25) is 0 Å². The molecule has 8 heteroatoms. The first kappa shape index (κ1) is 16.7. The summed E-state index contributed by atoms with van der Waals surface area (Å²) in [5, 5.41) is 0. The molecule has 0 aromatic carbocycles. The standard InChI is InChI=1S/C16H16IN3O4/c1-23-16(22)11-4-5-14(18-9-11)20-7-6-19(10-13(20)17)15(21)12-3-2-8-24-12/h2-5,8-9,13H,6-7,10H2,1H3. The van der Waals surface area contributed by atoms with Crippen molar-refractivity contribution in [2.24, 2.45) is 0 Å². The Morgan fingerprint density at radius 3 is 2.75 bits per heavy atom. The second kappa shape index (κ2) is 7.20. The predicted octanol–water partition coefficient (Wildman–Crippen LogP) is 2.18. The van der Waals surface area contributed by atoms with E-state index in [4.69, 9.17) is 4.42 Å². The van der Waals surface area contributed by atoms with Gasteiger partial charge in [0, 0.05) is 19.3 Å². The molecule has 0 spiro atoms. The molecule has 1 aliphatic heterocycles. The molecule has 0 radical (unpaired) electrons. The number of halogens is 1. The summed E-state index contributed by atoms with van der Waals surface area (Å²) in [6, 6.07) is 6.86. The molecular formula is C16H16IN3O4. The van der Waals surface area contributed by atoms with Gasteiger partial charge in [-0.3, -0.25) is 4.79 Å². The van der Waals surface area contributed by atoms with Crippen molar-refractivity contribution in [2.45, 2.75) is 4.05 Å². The largest absolute Gasteiger partial charge is 0.465 e.